The summed E-state index contributed by atoms with van der Waals surface area (Å²) in [6, 6.07) is 20.0. The van der Waals surface area contributed by atoms with E-state index >= 15 is 0 Å². The van der Waals surface area contributed by atoms with Crippen molar-refractivity contribution in [3.63, 3.8) is 0 Å². The van der Waals surface area contributed by atoms with Crippen LogP contribution in [0.4, 0.5) is 5.69 Å². The van der Waals surface area contributed by atoms with Crippen LogP contribution in [0.5, 0.6) is 0 Å². The fourth-order valence-corrected chi connectivity index (χ4v) is 5.34. The molecule has 0 unspecified atom stereocenters. The van der Waals surface area contributed by atoms with Crippen molar-refractivity contribution in [3.05, 3.63) is 95.1 Å². The van der Waals surface area contributed by atoms with Crippen LogP contribution in [-0.4, -0.2) is 32.0 Å². The van der Waals surface area contributed by atoms with Crippen LogP contribution in [0.15, 0.2) is 83.9 Å². The lowest BCUT2D eigenvalue weighted by atomic mass is 10.2. The summed E-state index contributed by atoms with van der Waals surface area (Å²) in [5.41, 5.74) is 2.12. The van der Waals surface area contributed by atoms with E-state index in [-0.39, 0.29) is 23.1 Å². The number of carbonyl (C=O) groups is 2. The summed E-state index contributed by atoms with van der Waals surface area (Å²) in [5.74, 6) is -0.992. The minimum atomic E-state index is -3.68. The Kier molecular flexibility index (Phi) is 6.72. The Hall–Kier alpha value is -3.62. The van der Waals surface area contributed by atoms with Gasteiger partial charge < -0.3 is 14.6 Å². The molecule has 34 heavy (non-hydrogen) atoms. The smallest absolute Gasteiger partial charge is 0.337 e. The van der Waals surface area contributed by atoms with Gasteiger partial charge in [-0.25, -0.2) is 13.2 Å². The Morgan fingerprint density at radius 3 is 2.32 bits per heavy atom. The Bertz CT molecular complexity index is 1460. The summed E-state index contributed by atoms with van der Waals surface area (Å²) in [5, 5.41) is 3.84. The number of fused-ring (bicyclic) bond motifs is 1. The molecule has 4 aromatic rings. The average Bonchev–Trinajstić information content (AvgIpc) is 3.20. The molecule has 0 bridgehead atoms. The number of hydrogen-bond acceptors (Lipinski definition) is 5. The normalized spacial score (nSPS) is 11.4. The monoisotopic (exact) mass is 496 g/mol. The predicted molar refractivity (Wildman–Crippen MR) is 131 cm³/mol. The van der Waals surface area contributed by atoms with Crippen LogP contribution in [-0.2, 0) is 31.7 Å². The second kappa shape index (κ2) is 9.70. The van der Waals surface area contributed by atoms with E-state index in [1.807, 2.05) is 0 Å². The molecule has 9 heteroatoms. The molecular formula is C25H21ClN2O5S. The molecule has 0 aliphatic rings. The zero-order chi connectivity index (χ0) is 24.3. The molecule has 1 amide bonds. The molecule has 0 saturated carbocycles. The number of methoxy groups -OCH3 is 1. The number of sulfone groups is 1. The standard InChI is InChI=1S/C25H21ClN2O5S/c1-33-25(30)18-8-12-20(13-9-18)27-24(29)15-28-14-23(21-4-2-3-5-22(21)28)34(31,32)16-17-6-10-19(26)11-7-17/h2-14H,15-16H2,1H3,(H,27,29). The van der Waals surface area contributed by atoms with Gasteiger partial charge in [-0.15, -0.1) is 0 Å². The Labute approximate surface area is 201 Å². The number of hydrogen-bond donors (Lipinski definition) is 1. The van der Waals surface area contributed by atoms with Crippen molar-refractivity contribution in [1.29, 1.82) is 0 Å². The topological polar surface area (TPSA) is 94.5 Å². The molecule has 1 N–H and O–H groups in total. The number of anilines is 1. The van der Waals surface area contributed by atoms with Crippen LogP contribution >= 0.6 is 11.6 Å². The summed E-state index contributed by atoms with van der Waals surface area (Å²) < 4.78 is 32.7. The number of rotatable bonds is 7. The van der Waals surface area contributed by atoms with E-state index in [2.05, 4.69) is 10.1 Å². The number of ether oxygens (including phenoxy) is 1. The molecule has 1 aromatic heterocycles. The largest absolute Gasteiger partial charge is 0.465 e. The third-order valence-electron chi connectivity index (χ3n) is 5.26. The quantitative estimate of drug-likeness (QED) is 0.374. The van der Waals surface area contributed by atoms with Gasteiger partial charge in [-0.2, -0.15) is 0 Å². The highest BCUT2D eigenvalue weighted by Gasteiger charge is 2.22. The van der Waals surface area contributed by atoms with Crippen molar-refractivity contribution in [1.82, 2.24) is 4.57 Å². The van der Waals surface area contributed by atoms with Crippen molar-refractivity contribution in [2.75, 3.05) is 12.4 Å². The van der Waals surface area contributed by atoms with E-state index in [1.54, 1.807) is 77.4 Å². The zero-order valence-electron chi connectivity index (χ0n) is 18.2. The molecule has 0 aliphatic heterocycles. The lowest BCUT2D eigenvalue weighted by Crippen LogP contribution is -2.18. The van der Waals surface area contributed by atoms with Crippen LogP contribution in [0.25, 0.3) is 10.9 Å². The van der Waals surface area contributed by atoms with Crippen LogP contribution in [0, 0.1) is 0 Å². The lowest BCUT2D eigenvalue weighted by molar-refractivity contribution is -0.116. The van der Waals surface area contributed by atoms with Gasteiger partial charge in [-0.1, -0.05) is 41.9 Å². The van der Waals surface area contributed by atoms with Gasteiger partial charge in [0.05, 0.1) is 23.3 Å². The summed E-state index contributed by atoms with van der Waals surface area (Å²) >= 11 is 5.90. The molecule has 0 atom stereocenters. The SMILES string of the molecule is COC(=O)c1ccc(NC(=O)Cn2cc(S(=O)(=O)Cc3ccc(Cl)cc3)c3ccccc32)cc1. The van der Waals surface area contributed by atoms with Crippen molar-refractivity contribution in [2.24, 2.45) is 0 Å². The molecule has 0 spiro atoms. The number of nitrogens with one attached hydrogen (secondary N) is 1. The number of aromatic nitrogens is 1. The van der Waals surface area contributed by atoms with Gasteiger partial charge in [0.25, 0.3) is 0 Å². The average molecular weight is 497 g/mol. The summed E-state index contributed by atoms with van der Waals surface area (Å²) in [7, 11) is -2.39. The highest BCUT2D eigenvalue weighted by molar-refractivity contribution is 7.90. The summed E-state index contributed by atoms with van der Waals surface area (Å²) in [6.45, 7) is -0.0876. The van der Waals surface area contributed by atoms with E-state index in [0.29, 0.717) is 32.7 Å². The molecular weight excluding hydrogens is 476 g/mol. The van der Waals surface area contributed by atoms with E-state index in [1.165, 1.54) is 13.3 Å². The maximum atomic E-state index is 13.2. The first-order valence-corrected chi connectivity index (χ1v) is 12.3. The van der Waals surface area contributed by atoms with Crippen LogP contribution in [0.2, 0.25) is 5.02 Å². The molecule has 7 nitrogen and oxygen atoms in total. The minimum absolute atomic E-state index is 0.0876. The van der Waals surface area contributed by atoms with Crippen molar-refractivity contribution >= 4 is 49.9 Å². The van der Waals surface area contributed by atoms with E-state index in [0.717, 1.165) is 0 Å². The van der Waals surface area contributed by atoms with Gasteiger partial charge in [0.15, 0.2) is 9.84 Å². The van der Waals surface area contributed by atoms with Crippen LogP contribution in [0.3, 0.4) is 0 Å². The molecule has 0 saturated heterocycles. The second-order valence-electron chi connectivity index (χ2n) is 7.64. The second-order valence-corrected chi connectivity index (χ2v) is 10.0. The highest BCUT2D eigenvalue weighted by Crippen LogP contribution is 2.28. The molecule has 3 aromatic carbocycles. The molecule has 174 valence electrons. The van der Waals surface area contributed by atoms with Gasteiger partial charge in [0, 0.05) is 27.8 Å². The first kappa shape index (κ1) is 23.5. The first-order valence-electron chi connectivity index (χ1n) is 10.3. The zero-order valence-corrected chi connectivity index (χ0v) is 19.8. The van der Waals surface area contributed by atoms with E-state index < -0.39 is 15.8 Å². The maximum absolute atomic E-state index is 13.2. The number of para-hydroxylation sites is 1. The Balaban J connectivity index is 1.57. The predicted octanol–water partition coefficient (Wildman–Crippen LogP) is 4.69. The number of esters is 1. The van der Waals surface area contributed by atoms with Crippen LogP contribution in [0.1, 0.15) is 15.9 Å². The van der Waals surface area contributed by atoms with Crippen molar-refractivity contribution < 1.29 is 22.7 Å². The highest BCUT2D eigenvalue weighted by atomic mass is 35.5. The van der Waals surface area contributed by atoms with Gasteiger partial charge in [-0.3, -0.25) is 4.79 Å². The Morgan fingerprint density at radius 2 is 1.65 bits per heavy atom. The van der Waals surface area contributed by atoms with Crippen LogP contribution < -0.4 is 5.32 Å². The third kappa shape index (κ3) is 5.13. The molecule has 1 heterocycles. The first-order chi connectivity index (χ1) is 16.3. The van der Waals surface area contributed by atoms with Gasteiger partial charge in [0.2, 0.25) is 5.91 Å². The summed E-state index contributed by atoms with van der Waals surface area (Å²) in [6.07, 6.45) is 1.50. The minimum Gasteiger partial charge on any atom is -0.465 e. The number of nitrogens with zero attached hydrogens (tertiary/aromatic N) is 1. The fourth-order valence-electron chi connectivity index (χ4n) is 3.63. The molecule has 0 radical (unpaired) electrons. The van der Waals surface area contributed by atoms with Gasteiger partial charge in [0.1, 0.15) is 6.54 Å². The van der Waals surface area contributed by atoms with E-state index in [4.69, 9.17) is 11.6 Å². The fraction of sp³-hybridized carbons (Fsp3) is 0.120. The molecule has 0 aliphatic carbocycles. The van der Waals surface area contributed by atoms with Gasteiger partial charge >= 0.3 is 5.97 Å². The lowest BCUT2D eigenvalue weighted by Gasteiger charge is -2.08. The number of carbonyl (C=O) groups excluding carboxylic acids is 2. The molecule has 0 fully saturated rings. The number of halogens is 1. The van der Waals surface area contributed by atoms with Crippen molar-refractivity contribution in [3.8, 4) is 0 Å². The number of amides is 1. The number of benzene rings is 3. The summed E-state index contributed by atoms with van der Waals surface area (Å²) in [4.78, 5) is 24.4. The molecule has 4 rings (SSSR count). The van der Waals surface area contributed by atoms with Crippen molar-refractivity contribution in [2.45, 2.75) is 17.2 Å². The van der Waals surface area contributed by atoms with Gasteiger partial charge in [-0.05, 0) is 48.0 Å². The Morgan fingerprint density at radius 1 is 0.971 bits per heavy atom. The van der Waals surface area contributed by atoms with E-state index in [9.17, 15) is 18.0 Å². The maximum Gasteiger partial charge on any atom is 0.337 e. The third-order valence-corrected chi connectivity index (χ3v) is 7.22.